The van der Waals surface area contributed by atoms with E-state index in [2.05, 4.69) is 20.9 Å². The van der Waals surface area contributed by atoms with Crippen molar-refractivity contribution >= 4 is 32.8 Å². The molecule has 0 saturated carbocycles. The predicted octanol–water partition coefficient (Wildman–Crippen LogP) is 4.69. The van der Waals surface area contributed by atoms with E-state index >= 15 is 0 Å². The number of benzene rings is 2. The van der Waals surface area contributed by atoms with Gasteiger partial charge in [-0.2, -0.15) is 0 Å². The summed E-state index contributed by atoms with van der Waals surface area (Å²) in [6.07, 6.45) is 0. The lowest BCUT2D eigenvalue weighted by Crippen LogP contribution is -2.04. The molecule has 5 heteroatoms. The minimum absolute atomic E-state index is 0.340. The molecule has 0 spiro atoms. The van der Waals surface area contributed by atoms with Gasteiger partial charge in [0.05, 0.1) is 12.1 Å². The average Bonchev–Trinajstić information content (AvgIpc) is 3.02. The first kappa shape index (κ1) is 15.6. The molecule has 0 aliphatic rings. The van der Waals surface area contributed by atoms with Crippen LogP contribution in [-0.2, 0) is 11.3 Å². The number of hydrogen-bond acceptors (Lipinski definition) is 3. The topological polar surface area (TPSA) is 51.3 Å². The number of halogens is 1. The van der Waals surface area contributed by atoms with Gasteiger partial charge in [-0.25, -0.2) is 4.79 Å². The quantitative estimate of drug-likeness (QED) is 0.660. The van der Waals surface area contributed by atoms with Gasteiger partial charge in [0, 0.05) is 9.86 Å². The van der Waals surface area contributed by atoms with Crippen LogP contribution in [0.3, 0.4) is 0 Å². The summed E-state index contributed by atoms with van der Waals surface area (Å²) in [5, 5.41) is 0.846. The molecule has 0 unspecified atom stereocenters. The fraction of sp³-hybridized carbons (Fsp3) is 0.167. The molecule has 4 nitrogen and oxygen atoms in total. The average molecular weight is 374 g/mol. The van der Waals surface area contributed by atoms with Crippen LogP contribution in [0.5, 0.6) is 5.75 Å². The first-order valence-corrected chi connectivity index (χ1v) is 8.13. The fourth-order valence-electron chi connectivity index (χ4n) is 2.34. The zero-order valence-electron chi connectivity index (χ0n) is 12.6. The number of carbonyl (C=O) groups is 1. The Labute approximate surface area is 142 Å². The van der Waals surface area contributed by atoms with Gasteiger partial charge in [-0.15, -0.1) is 0 Å². The fourth-order valence-corrected chi connectivity index (χ4v) is 2.78. The van der Waals surface area contributed by atoms with Crippen molar-refractivity contribution in [1.29, 1.82) is 0 Å². The molecule has 0 bridgehead atoms. The lowest BCUT2D eigenvalue weighted by molar-refractivity contribution is 0.0520. The molecule has 1 aromatic heterocycles. The van der Waals surface area contributed by atoms with Crippen molar-refractivity contribution in [2.75, 3.05) is 6.61 Å². The molecule has 1 heterocycles. The van der Waals surface area contributed by atoms with Crippen molar-refractivity contribution in [1.82, 2.24) is 4.98 Å². The number of hydrogen-bond donors (Lipinski definition) is 1. The molecule has 118 valence electrons. The maximum Gasteiger partial charge on any atom is 0.354 e. The highest BCUT2D eigenvalue weighted by molar-refractivity contribution is 9.10. The summed E-state index contributed by atoms with van der Waals surface area (Å²) < 4.78 is 11.8. The normalized spacial score (nSPS) is 10.7. The first-order valence-electron chi connectivity index (χ1n) is 7.34. The van der Waals surface area contributed by atoms with Gasteiger partial charge in [-0.05, 0) is 46.6 Å². The third-order valence-corrected chi connectivity index (χ3v) is 4.10. The maximum atomic E-state index is 11.9. The molecule has 2 aromatic carbocycles. The van der Waals surface area contributed by atoms with Gasteiger partial charge in [0.1, 0.15) is 18.1 Å². The van der Waals surface area contributed by atoms with E-state index in [1.54, 1.807) is 13.0 Å². The van der Waals surface area contributed by atoms with Crippen molar-refractivity contribution in [3.63, 3.8) is 0 Å². The van der Waals surface area contributed by atoms with E-state index in [1.807, 2.05) is 42.5 Å². The number of nitrogens with one attached hydrogen (secondary N) is 1. The van der Waals surface area contributed by atoms with Crippen LogP contribution < -0.4 is 4.74 Å². The standard InChI is InChI=1S/C18H16BrNO3/c1-2-22-18(21)15-10-13-16(9-8-14(19)17(13)20-15)23-11-12-6-4-3-5-7-12/h3-10,20H,2,11H2,1H3. The summed E-state index contributed by atoms with van der Waals surface area (Å²) in [5.74, 6) is 0.350. The van der Waals surface area contributed by atoms with Crippen molar-refractivity contribution in [3.05, 3.63) is 64.3 Å². The minimum Gasteiger partial charge on any atom is -0.488 e. The monoisotopic (exact) mass is 373 g/mol. The summed E-state index contributed by atoms with van der Waals surface area (Å²) in [7, 11) is 0. The lowest BCUT2D eigenvalue weighted by atomic mass is 10.2. The SMILES string of the molecule is CCOC(=O)c1cc2c(OCc3ccccc3)ccc(Br)c2[nH]1. The highest BCUT2D eigenvalue weighted by atomic mass is 79.9. The van der Waals surface area contributed by atoms with E-state index < -0.39 is 0 Å². The van der Waals surface area contributed by atoms with Crippen molar-refractivity contribution in [3.8, 4) is 5.75 Å². The first-order chi connectivity index (χ1) is 11.2. The second-order valence-corrected chi connectivity index (χ2v) is 5.87. The Morgan fingerprint density at radius 3 is 2.70 bits per heavy atom. The Hall–Kier alpha value is -2.27. The van der Waals surface area contributed by atoms with Crippen LogP contribution in [0, 0.1) is 0 Å². The molecule has 1 N–H and O–H groups in total. The molecule has 0 atom stereocenters. The molecule has 3 aromatic rings. The highest BCUT2D eigenvalue weighted by Crippen LogP contribution is 2.32. The Morgan fingerprint density at radius 2 is 1.96 bits per heavy atom. The Kier molecular flexibility index (Phi) is 4.67. The van der Waals surface area contributed by atoms with Gasteiger partial charge < -0.3 is 14.5 Å². The second-order valence-electron chi connectivity index (χ2n) is 5.01. The largest absolute Gasteiger partial charge is 0.488 e. The number of H-pyrrole nitrogens is 1. The number of ether oxygens (including phenoxy) is 2. The third-order valence-electron chi connectivity index (χ3n) is 3.44. The summed E-state index contributed by atoms with van der Waals surface area (Å²) in [4.78, 5) is 15.0. The Morgan fingerprint density at radius 1 is 1.17 bits per heavy atom. The zero-order chi connectivity index (χ0) is 16.2. The molecular formula is C18H16BrNO3. The Balaban J connectivity index is 1.91. The number of aromatic amines is 1. The summed E-state index contributed by atoms with van der Waals surface area (Å²) >= 11 is 3.49. The zero-order valence-corrected chi connectivity index (χ0v) is 14.2. The number of fused-ring (bicyclic) bond motifs is 1. The van der Waals surface area contributed by atoms with Crippen LogP contribution in [0.25, 0.3) is 10.9 Å². The molecular weight excluding hydrogens is 358 g/mol. The van der Waals surface area contributed by atoms with Gasteiger partial charge in [-0.1, -0.05) is 30.3 Å². The van der Waals surface area contributed by atoms with Crippen molar-refractivity contribution < 1.29 is 14.3 Å². The molecule has 23 heavy (non-hydrogen) atoms. The third kappa shape index (κ3) is 3.40. The van der Waals surface area contributed by atoms with Crippen LogP contribution in [0.15, 0.2) is 53.0 Å². The van der Waals surface area contributed by atoms with E-state index in [1.165, 1.54) is 0 Å². The number of aromatic nitrogens is 1. The predicted molar refractivity (Wildman–Crippen MR) is 92.7 cm³/mol. The minimum atomic E-state index is -0.371. The second kappa shape index (κ2) is 6.87. The maximum absolute atomic E-state index is 11.9. The van der Waals surface area contributed by atoms with E-state index in [0.717, 1.165) is 26.7 Å². The van der Waals surface area contributed by atoms with Gasteiger partial charge in [-0.3, -0.25) is 0 Å². The van der Waals surface area contributed by atoms with Gasteiger partial charge in [0.25, 0.3) is 0 Å². The number of esters is 1. The lowest BCUT2D eigenvalue weighted by Gasteiger charge is -2.08. The molecule has 0 amide bonds. The molecule has 3 rings (SSSR count). The van der Waals surface area contributed by atoms with E-state index in [0.29, 0.717) is 18.9 Å². The van der Waals surface area contributed by atoms with Gasteiger partial charge in [0.15, 0.2) is 0 Å². The van der Waals surface area contributed by atoms with Crippen molar-refractivity contribution in [2.45, 2.75) is 13.5 Å². The van der Waals surface area contributed by atoms with E-state index in [4.69, 9.17) is 9.47 Å². The van der Waals surface area contributed by atoms with Crippen LogP contribution in [0.1, 0.15) is 23.0 Å². The van der Waals surface area contributed by atoms with E-state index in [-0.39, 0.29) is 5.97 Å². The van der Waals surface area contributed by atoms with Gasteiger partial charge in [0.2, 0.25) is 0 Å². The molecule has 0 fully saturated rings. The van der Waals surface area contributed by atoms with Crippen LogP contribution >= 0.6 is 15.9 Å². The summed E-state index contributed by atoms with van der Waals surface area (Å²) in [6.45, 7) is 2.59. The summed E-state index contributed by atoms with van der Waals surface area (Å²) in [5.41, 5.74) is 2.32. The molecule has 0 radical (unpaired) electrons. The van der Waals surface area contributed by atoms with E-state index in [9.17, 15) is 4.79 Å². The summed E-state index contributed by atoms with van der Waals surface area (Å²) in [6, 6.07) is 15.5. The Bertz CT molecular complexity index is 827. The smallest absolute Gasteiger partial charge is 0.354 e. The number of rotatable bonds is 5. The highest BCUT2D eigenvalue weighted by Gasteiger charge is 2.15. The van der Waals surface area contributed by atoms with Gasteiger partial charge >= 0.3 is 5.97 Å². The molecule has 0 aliphatic carbocycles. The van der Waals surface area contributed by atoms with Crippen LogP contribution in [0.4, 0.5) is 0 Å². The molecule has 0 saturated heterocycles. The van der Waals surface area contributed by atoms with Crippen LogP contribution in [-0.4, -0.2) is 17.6 Å². The molecule has 0 aliphatic heterocycles. The number of carbonyl (C=O) groups excluding carboxylic acids is 1. The van der Waals surface area contributed by atoms with Crippen LogP contribution in [0.2, 0.25) is 0 Å². The van der Waals surface area contributed by atoms with Crippen molar-refractivity contribution in [2.24, 2.45) is 0 Å².